The number of rotatable bonds is 1. The molecule has 42 valence electrons. The van der Waals surface area contributed by atoms with Crippen LogP contribution in [0.5, 0.6) is 0 Å². The largest absolute Gasteiger partial charge is 0.0773 e. The van der Waals surface area contributed by atoms with Gasteiger partial charge in [-0.25, -0.2) is 0 Å². The smallest absolute Gasteiger partial charge is 0.0575 e. The van der Waals surface area contributed by atoms with Gasteiger partial charge in [0, 0.05) is 0 Å². The molecule has 0 nitrogen and oxygen atoms in total. The van der Waals surface area contributed by atoms with E-state index in [4.69, 9.17) is 0 Å². The van der Waals surface area contributed by atoms with Gasteiger partial charge < -0.3 is 0 Å². The Hall–Kier alpha value is 0.917. The van der Waals surface area contributed by atoms with Crippen LogP contribution in [0, 0.1) is 0 Å². The third-order valence-corrected chi connectivity index (χ3v) is 2.96. The Bertz CT molecular complexity index is 73.8. The molecule has 0 atom stereocenters. The molecule has 0 radical (unpaired) electrons. The molecule has 0 aliphatic heterocycles. The zero-order valence-corrected chi connectivity index (χ0v) is 8.74. The molecule has 0 N–H and O–H groups in total. The lowest BCUT2D eigenvalue weighted by Crippen LogP contribution is -1.91. The summed E-state index contributed by atoms with van der Waals surface area (Å²) < 4.78 is 1.10. The maximum absolute atomic E-state index is 3.29. The van der Waals surface area contributed by atoms with Gasteiger partial charge in [0.2, 0.25) is 0 Å². The van der Waals surface area contributed by atoms with Crippen LogP contribution in [0.4, 0.5) is 0 Å². The molecule has 0 aromatic rings. The summed E-state index contributed by atoms with van der Waals surface area (Å²) in [5, 5.41) is 0. The molecule has 0 rings (SSSR count). The predicted molar refractivity (Wildman–Crippen MR) is 44.8 cm³/mol. The molecule has 3 heteroatoms. The van der Waals surface area contributed by atoms with Crippen LogP contribution >= 0.6 is 31.9 Å². The van der Waals surface area contributed by atoms with E-state index in [1.807, 2.05) is 0 Å². The third-order valence-electron chi connectivity index (χ3n) is 0.459. The number of halogens is 2. The van der Waals surface area contributed by atoms with Crippen LogP contribution in [0.2, 0.25) is 13.1 Å². The van der Waals surface area contributed by atoms with Crippen molar-refractivity contribution in [3.8, 4) is 0 Å². The maximum Gasteiger partial charge on any atom is 0.0575 e. The first-order valence-corrected chi connectivity index (χ1v) is 6.72. The standard InChI is InChI=1S/C4H8Br2Si/c1-7(2)3-4(5)6/h3,7H,1-2H3. The van der Waals surface area contributed by atoms with Crippen molar-refractivity contribution in [2.75, 3.05) is 0 Å². The van der Waals surface area contributed by atoms with Gasteiger partial charge in [0.25, 0.3) is 0 Å². The molecule has 0 aromatic heterocycles. The first-order chi connectivity index (χ1) is 3.13. The number of hydrogen-bond donors (Lipinski definition) is 0. The van der Waals surface area contributed by atoms with Crippen molar-refractivity contribution < 1.29 is 0 Å². The van der Waals surface area contributed by atoms with Gasteiger partial charge in [-0.15, -0.1) is 0 Å². The van der Waals surface area contributed by atoms with Gasteiger partial charge in [-0.05, 0) is 31.9 Å². The van der Waals surface area contributed by atoms with E-state index in [1.165, 1.54) is 0 Å². The predicted octanol–water partition coefficient (Wildman–Crippen LogP) is 2.64. The lowest BCUT2D eigenvalue weighted by molar-refractivity contribution is 2.00. The van der Waals surface area contributed by atoms with Crippen LogP contribution in [-0.2, 0) is 0 Å². The van der Waals surface area contributed by atoms with E-state index in [-0.39, 0.29) is 0 Å². The van der Waals surface area contributed by atoms with Crippen LogP contribution in [0.25, 0.3) is 0 Å². The second-order valence-electron chi connectivity index (χ2n) is 1.70. The van der Waals surface area contributed by atoms with Crippen LogP contribution in [0.3, 0.4) is 0 Å². The SMILES string of the molecule is C[SiH](C)C=C(Br)Br. The quantitative estimate of drug-likeness (QED) is 0.622. The van der Waals surface area contributed by atoms with E-state index in [9.17, 15) is 0 Å². The van der Waals surface area contributed by atoms with Crippen LogP contribution in [0.1, 0.15) is 0 Å². The van der Waals surface area contributed by atoms with Crippen LogP contribution in [-0.4, -0.2) is 8.80 Å². The molecule has 0 unspecified atom stereocenters. The Morgan fingerprint density at radius 2 is 1.86 bits per heavy atom. The number of hydrogen-bond acceptors (Lipinski definition) is 0. The minimum atomic E-state index is -0.484. The van der Waals surface area contributed by atoms with E-state index < -0.39 is 8.80 Å². The van der Waals surface area contributed by atoms with E-state index in [1.54, 1.807) is 0 Å². The minimum Gasteiger partial charge on any atom is -0.0773 e. The molecular weight excluding hydrogens is 236 g/mol. The first-order valence-electron chi connectivity index (χ1n) is 2.15. The van der Waals surface area contributed by atoms with Crippen molar-refractivity contribution in [1.82, 2.24) is 0 Å². The van der Waals surface area contributed by atoms with Crippen LogP contribution < -0.4 is 0 Å². The molecule has 0 aromatic carbocycles. The van der Waals surface area contributed by atoms with Crippen molar-refractivity contribution in [3.05, 3.63) is 9.09 Å². The fourth-order valence-corrected chi connectivity index (χ4v) is 3.93. The fourth-order valence-electron chi connectivity index (χ4n) is 0.252. The molecule has 0 heterocycles. The molecule has 0 aliphatic rings. The summed E-state index contributed by atoms with van der Waals surface area (Å²) >= 11 is 6.57. The van der Waals surface area contributed by atoms with Gasteiger partial charge in [-0.1, -0.05) is 18.8 Å². The zero-order chi connectivity index (χ0) is 5.86. The summed E-state index contributed by atoms with van der Waals surface area (Å²) in [6.45, 7) is 4.53. The third kappa shape index (κ3) is 6.92. The van der Waals surface area contributed by atoms with E-state index in [2.05, 4.69) is 50.7 Å². The Balaban J connectivity index is 3.45. The lowest BCUT2D eigenvalue weighted by Gasteiger charge is -1.88. The summed E-state index contributed by atoms with van der Waals surface area (Å²) in [4.78, 5) is 0. The first kappa shape index (κ1) is 7.92. The summed E-state index contributed by atoms with van der Waals surface area (Å²) in [5.74, 6) is 0. The average molecular weight is 244 g/mol. The van der Waals surface area contributed by atoms with E-state index >= 15 is 0 Å². The molecule has 0 saturated carbocycles. The van der Waals surface area contributed by atoms with E-state index in [0.717, 1.165) is 3.39 Å². The normalized spacial score (nSPS) is 9.29. The Morgan fingerprint density at radius 1 is 1.43 bits per heavy atom. The summed E-state index contributed by atoms with van der Waals surface area (Å²) in [7, 11) is -0.484. The van der Waals surface area contributed by atoms with E-state index in [0.29, 0.717) is 0 Å². The van der Waals surface area contributed by atoms with Gasteiger partial charge in [-0.3, -0.25) is 0 Å². The van der Waals surface area contributed by atoms with Gasteiger partial charge in [-0.2, -0.15) is 0 Å². The topological polar surface area (TPSA) is 0 Å². The molecule has 0 amide bonds. The maximum atomic E-state index is 3.29. The summed E-state index contributed by atoms with van der Waals surface area (Å²) in [6.07, 6.45) is 0. The van der Waals surface area contributed by atoms with Gasteiger partial charge in [0.1, 0.15) is 0 Å². The van der Waals surface area contributed by atoms with Crippen molar-refractivity contribution in [2.45, 2.75) is 13.1 Å². The van der Waals surface area contributed by atoms with Gasteiger partial charge >= 0.3 is 0 Å². The van der Waals surface area contributed by atoms with Crippen molar-refractivity contribution in [1.29, 1.82) is 0 Å². The van der Waals surface area contributed by atoms with Crippen LogP contribution in [0.15, 0.2) is 9.09 Å². The Labute approximate surface area is 62.9 Å². The van der Waals surface area contributed by atoms with Crippen molar-refractivity contribution >= 4 is 40.7 Å². The highest BCUT2D eigenvalue weighted by molar-refractivity contribution is 9.28. The molecule has 0 fully saturated rings. The zero-order valence-electron chi connectivity index (χ0n) is 4.41. The fraction of sp³-hybridized carbons (Fsp3) is 0.500. The molecule has 0 aliphatic carbocycles. The summed E-state index contributed by atoms with van der Waals surface area (Å²) in [6, 6.07) is 0. The molecule has 0 spiro atoms. The average Bonchev–Trinajstić information content (AvgIpc) is 1.27. The summed E-state index contributed by atoms with van der Waals surface area (Å²) in [5.41, 5.74) is 2.22. The monoisotopic (exact) mass is 242 g/mol. The second kappa shape index (κ2) is 3.86. The molecule has 0 saturated heterocycles. The second-order valence-corrected chi connectivity index (χ2v) is 7.29. The highest BCUT2D eigenvalue weighted by Crippen LogP contribution is 2.12. The molecular formula is C4H8Br2Si. The Kier molecular flexibility index (Phi) is 4.37. The minimum absolute atomic E-state index is 0.484. The highest BCUT2D eigenvalue weighted by atomic mass is 79.9. The van der Waals surface area contributed by atoms with Crippen molar-refractivity contribution in [2.24, 2.45) is 0 Å². The van der Waals surface area contributed by atoms with Gasteiger partial charge in [0.15, 0.2) is 0 Å². The Morgan fingerprint density at radius 3 is 1.86 bits per heavy atom. The lowest BCUT2D eigenvalue weighted by atomic mass is 11.3. The van der Waals surface area contributed by atoms with Gasteiger partial charge in [0.05, 0.1) is 12.2 Å². The molecule has 7 heavy (non-hydrogen) atoms. The molecule has 0 bridgehead atoms. The van der Waals surface area contributed by atoms with Crippen molar-refractivity contribution in [3.63, 3.8) is 0 Å². The highest BCUT2D eigenvalue weighted by Gasteiger charge is 1.87.